The molecule has 118 valence electrons. The molecule has 0 aromatic carbocycles. The van der Waals surface area contributed by atoms with E-state index in [1.807, 2.05) is 0 Å². The van der Waals surface area contributed by atoms with Gasteiger partial charge in [0.05, 0.1) is 12.3 Å². The SMILES string of the molecule is Cn1nc(C(=O)N2CCC[C@H]2c2ccco2)cc1C(F)(F)F. The Hall–Kier alpha value is -2.25. The lowest BCUT2D eigenvalue weighted by atomic mass is 10.1. The van der Waals surface area contributed by atoms with Crippen molar-refractivity contribution >= 4 is 5.91 Å². The standard InChI is InChI=1S/C14H14F3N3O2/c1-19-12(14(15,16)17)8-9(18-19)13(21)20-6-2-4-10(20)11-5-3-7-22-11/h3,5,7-8,10H,2,4,6H2,1H3/t10-/m0/s1. The summed E-state index contributed by atoms with van der Waals surface area (Å²) in [6.07, 6.45) is -1.53. The zero-order chi connectivity index (χ0) is 15.9. The number of rotatable bonds is 2. The van der Waals surface area contributed by atoms with E-state index in [1.165, 1.54) is 18.2 Å². The van der Waals surface area contributed by atoms with Gasteiger partial charge in [0, 0.05) is 19.7 Å². The first-order valence-electron chi connectivity index (χ1n) is 6.83. The van der Waals surface area contributed by atoms with Crippen LogP contribution in [-0.2, 0) is 13.2 Å². The molecule has 0 unspecified atom stereocenters. The van der Waals surface area contributed by atoms with Gasteiger partial charge in [-0.15, -0.1) is 0 Å². The average Bonchev–Trinajstić information content (AvgIpc) is 3.16. The van der Waals surface area contributed by atoms with Gasteiger partial charge in [0.2, 0.25) is 0 Å². The van der Waals surface area contributed by atoms with Crippen LogP contribution in [0.3, 0.4) is 0 Å². The lowest BCUT2D eigenvalue weighted by molar-refractivity contribution is -0.143. The zero-order valence-electron chi connectivity index (χ0n) is 11.8. The number of aromatic nitrogens is 2. The number of alkyl halides is 3. The summed E-state index contributed by atoms with van der Waals surface area (Å²) in [7, 11) is 1.17. The van der Waals surface area contributed by atoms with Gasteiger partial charge in [-0.1, -0.05) is 0 Å². The molecule has 1 fully saturated rings. The summed E-state index contributed by atoms with van der Waals surface area (Å²) in [4.78, 5) is 14.0. The summed E-state index contributed by atoms with van der Waals surface area (Å²) < 4.78 is 44.4. The van der Waals surface area contributed by atoms with Crippen LogP contribution in [0.2, 0.25) is 0 Å². The molecule has 3 rings (SSSR count). The van der Waals surface area contributed by atoms with Crippen molar-refractivity contribution < 1.29 is 22.4 Å². The number of carbonyl (C=O) groups is 1. The number of hydrogen-bond donors (Lipinski definition) is 0. The fourth-order valence-electron chi connectivity index (χ4n) is 2.77. The summed E-state index contributed by atoms with van der Waals surface area (Å²) in [6, 6.07) is 4.02. The maximum absolute atomic E-state index is 12.8. The normalized spacial score (nSPS) is 18.9. The average molecular weight is 313 g/mol. The van der Waals surface area contributed by atoms with Crippen molar-refractivity contribution in [3.8, 4) is 0 Å². The highest BCUT2D eigenvalue weighted by atomic mass is 19.4. The maximum Gasteiger partial charge on any atom is 0.433 e. The van der Waals surface area contributed by atoms with E-state index in [2.05, 4.69) is 5.10 Å². The Labute approximate surface area is 124 Å². The molecule has 2 aromatic heterocycles. The molecule has 1 atom stereocenters. The lowest BCUT2D eigenvalue weighted by Gasteiger charge is -2.22. The smallest absolute Gasteiger partial charge is 0.433 e. The molecule has 1 amide bonds. The quantitative estimate of drug-likeness (QED) is 0.856. The molecule has 3 heterocycles. The molecule has 1 saturated heterocycles. The first-order chi connectivity index (χ1) is 10.4. The van der Waals surface area contributed by atoms with Gasteiger partial charge in [-0.05, 0) is 25.0 Å². The topological polar surface area (TPSA) is 51.3 Å². The molecular formula is C14H14F3N3O2. The van der Waals surface area contributed by atoms with Gasteiger partial charge in [-0.2, -0.15) is 18.3 Å². The van der Waals surface area contributed by atoms with E-state index in [9.17, 15) is 18.0 Å². The van der Waals surface area contributed by atoms with E-state index in [0.29, 0.717) is 17.0 Å². The van der Waals surface area contributed by atoms with Crippen LogP contribution in [0.15, 0.2) is 28.9 Å². The lowest BCUT2D eigenvalue weighted by Crippen LogP contribution is -2.30. The fraction of sp³-hybridized carbons (Fsp3) is 0.429. The van der Waals surface area contributed by atoms with E-state index in [-0.39, 0.29) is 11.7 Å². The number of aryl methyl sites for hydroxylation is 1. The minimum Gasteiger partial charge on any atom is -0.467 e. The number of amides is 1. The highest BCUT2D eigenvalue weighted by molar-refractivity contribution is 5.93. The largest absolute Gasteiger partial charge is 0.467 e. The summed E-state index contributed by atoms with van der Waals surface area (Å²) in [6.45, 7) is 0.474. The first kappa shape index (κ1) is 14.7. The van der Waals surface area contributed by atoms with E-state index in [0.717, 1.165) is 18.9 Å². The van der Waals surface area contributed by atoms with Crippen molar-refractivity contribution in [2.24, 2.45) is 7.05 Å². The fourth-order valence-corrected chi connectivity index (χ4v) is 2.77. The molecule has 0 radical (unpaired) electrons. The first-order valence-corrected chi connectivity index (χ1v) is 6.83. The summed E-state index contributed by atoms with van der Waals surface area (Å²) in [5, 5.41) is 3.71. The third-order valence-corrected chi connectivity index (χ3v) is 3.77. The Bertz CT molecular complexity index is 676. The van der Waals surface area contributed by atoms with Gasteiger partial charge in [-0.3, -0.25) is 9.48 Å². The molecule has 5 nitrogen and oxygen atoms in total. The second-order valence-electron chi connectivity index (χ2n) is 5.21. The van der Waals surface area contributed by atoms with Crippen LogP contribution in [0.4, 0.5) is 13.2 Å². The molecule has 2 aromatic rings. The van der Waals surface area contributed by atoms with E-state index >= 15 is 0 Å². The number of halogens is 3. The van der Waals surface area contributed by atoms with Crippen LogP contribution in [0.5, 0.6) is 0 Å². The third kappa shape index (κ3) is 2.49. The molecule has 0 bridgehead atoms. The molecule has 0 aliphatic carbocycles. The zero-order valence-corrected chi connectivity index (χ0v) is 11.8. The minimum absolute atomic E-state index is 0.201. The van der Waals surface area contributed by atoms with Crippen molar-refractivity contribution in [2.75, 3.05) is 6.54 Å². The molecule has 0 spiro atoms. The van der Waals surface area contributed by atoms with Crippen LogP contribution in [0.25, 0.3) is 0 Å². The predicted octanol–water partition coefficient (Wildman–Crippen LogP) is 3.01. The van der Waals surface area contributed by atoms with Gasteiger partial charge < -0.3 is 9.32 Å². The van der Waals surface area contributed by atoms with E-state index in [4.69, 9.17) is 4.42 Å². The van der Waals surface area contributed by atoms with Crippen LogP contribution < -0.4 is 0 Å². The Morgan fingerprint density at radius 3 is 2.82 bits per heavy atom. The summed E-state index contributed by atoms with van der Waals surface area (Å²) in [5.74, 6) is 0.128. The third-order valence-electron chi connectivity index (χ3n) is 3.77. The second kappa shape index (κ2) is 5.19. The van der Waals surface area contributed by atoms with Crippen LogP contribution in [0, 0.1) is 0 Å². The van der Waals surface area contributed by atoms with Gasteiger partial charge in [0.1, 0.15) is 11.5 Å². The molecule has 0 N–H and O–H groups in total. The maximum atomic E-state index is 12.8. The Morgan fingerprint density at radius 2 is 2.23 bits per heavy atom. The Morgan fingerprint density at radius 1 is 1.45 bits per heavy atom. The molecule has 22 heavy (non-hydrogen) atoms. The molecule has 1 aliphatic heterocycles. The summed E-state index contributed by atoms with van der Waals surface area (Å²) >= 11 is 0. The number of nitrogens with zero attached hydrogens (tertiary/aromatic N) is 3. The van der Waals surface area contributed by atoms with Crippen molar-refractivity contribution in [3.63, 3.8) is 0 Å². The van der Waals surface area contributed by atoms with Crippen molar-refractivity contribution in [1.82, 2.24) is 14.7 Å². The van der Waals surface area contributed by atoms with Crippen molar-refractivity contribution in [1.29, 1.82) is 0 Å². The number of likely N-dealkylation sites (tertiary alicyclic amines) is 1. The number of furan rings is 1. The predicted molar refractivity (Wildman–Crippen MR) is 69.9 cm³/mol. The Balaban J connectivity index is 1.88. The number of carbonyl (C=O) groups excluding carboxylic acids is 1. The molecule has 8 heteroatoms. The monoisotopic (exact) mass is 313 g/mol. The van der Waals surface area contributed by atoms with Crippen LogP contribution in [0.1, 0.15) is 40.8 Å². The van der Waals surface area contributed by atoms with Crippen molar-refractivity contribution in [3.05, 3.63) is 41.6 Å². The summed E-state index contributed by atoms with van der Waals surface area (Å²) in [5.41, 5.74) is -1.14. The van der Waals surface area contributed by atoms with E-state index in [1.54, 1.807) is 12.1 Å². The second-order valence-corrected chi connectivity index (χ2v) is 5.21. The highest BCUT2D eigenvalue weighted by Crippen LogP contribution is 2.34. The Kier molecular flexibility index (Phi) is 3.46. The van der Waals surface area contributed by atoms with Crippen molar-refractivity contribution in [2.45, 2.75) is 25.1 Å². The molecule has 0 saturated carbocycles. The molecular weight excluding hydrogens is 299 g/mol. The van der Waals surface area contributed by atoms with Crippen LogP contribution >= 0.6 is 0 Å². The van der Waals surface area contributed by atoms with Gasteiger partial charge in [0.15, 0.2) is 5.69 Å². The minimum atomic E-state index is -4.54. The van der Waals surface area contributed by atoms with Crippen LogP contribution in [-0.4, -0.2) is 27.1 Å². The van der Waals surface area contributed by atoms with E-state index < -0.39 is 17.8 Å². The van der Waals surface area contributed by atoms with Gasteiger partial charge in [-0.25, -0.2) is 0 Å². The number of hydrogen-bond acceptors (Lipinski definition) is 3. The molecule has 1 aliphatic rings. The van der Waals surface area contributed by atoms with Gasteiger partial charge >= 0.3 is 6.18 Å². The highest BCUT2D eigenvalue weighted by Gasteiger charge is 2.38. The van der Waals surface area contributed by atoms with Gasteiger partial charge in [0.25, 0.3) is 5.91 Å².